The predicted molar refractivity (Wildman–Crippen MR) is 154 cm³/mol. The SMILES string of the molecule is c1ccc(-c2ccccc2-c2c(-c3ccccc3)nnnc2-c2cccc3sc4ccccc4c23)cc1. The minimum atomic E-state index is 0.825. The smallest absolute Gasteiger partial charge is 0.105 e. The van der Waals surface area contributed by atoms with Crippen LogP contribution in [0.2, 0.25) is 0 Å². The molecule has 7 rings (SSSR count). The highest BCUT2D eigenvalue weighted by Crippen LogP contribution is 2.45. The predicted octanol–water partition coefficient (Wildman–Crippen LogP) is 8.91. The summed E-state index contributed by atoms with van der Waals surface area (Å²) in [6.07, 6.45) is 0. The minimum absolute atomic E-state index is 0.825. The molecule has 0 amide bonds. The maximum atomic E-state index is 4.73. The number of rotatable bonds is 4. The van der Waals surface area contributed by atoms with Gasteiger partial charge < -0.3 is 0 Å². The fourth-order valence-electron chi connectivity index (χ4n) is 5.11. The zero-order chi connectivity index (χ0) is 24.6. The Kier molecular flexibility index (Phi) is 5.30. The Labute approximate surface area is 218 Å². The Morgan fingerprint density at radius 3 is 1.84 bits per heavy atom. The van der Waals surface area contributed by atoms with E-state index in [0.717, 1.165) is 44.8 Å². The Morgan fingerprint density at radius 2 is 1.03 bits per heavy atom. The number of nitrogens with zero attached hydrogens (tertiary/aromatic N) is 3. The van der Waals surface area contributed by atoms with E-state index in [2.05, 4.69) is 113 Å². The number of benzene rings is 5. The molecule has 4 heteroatoms. The molecule has 0 atom stereocenters. The van der Waals surface area contributed by atoms with E-state index in [0.29, 0.717) is 0 Å². The fraction of sp³-hybridized carbons (Fsp3) is 0. The third kappa shape index (κ3) is 3.70. The molecule has 0 fully saturated rings. The van der Waals surface area contributed by atoms with Gasteiger partial charge in [-0.05, 0) is 34.0 Å². The molecule has 0 aliphatic carbocycles. The van der Waals surface area contributed by atoms with E-state index in [-0.39, 0.29) is 0 Å². The summed E-state index contributed by atoms with van der Waals surface area (Å²) in [5.41, 5.74) is 8.11. The first-order valence-electron chi connectivity index (χ1n) is 12.2. The molecule has 3 nitrogen and oxygen atoms in total. The summed E-state index contributed by atoms with van der Waals surface area (Å²) >= 11 is 1.81. The van der Waals surface area contributed by atoms with Gasteiger partial charge in [0, 0.05) is 36.9 Å². The van der Waals surface area contributed by atoms with Crippen LogP contribution < -0.4 is 0 Å². The van der Waals surface area contributed by atoms with Crippen molar-refractivity contribution in [2.45, 2.75) is 0 Å². The van der Waals surface area contributed by atoms with Crippen LogP contribution in [0.15, 0.2) is 127 Å². The third-order valence-corrected chi connectivity index (χ3v) is 7.89. The van der Waals surface area contributed by atoms with Gasteiger partial charge in [-0.1, -0.05) is 115 Å². The number of hydrogen-bond donors (Lipinski definition) is 0. The standard InChI is InChI=1S/C33H21N3S/c1-3-12-22(13-4-1)24-16-7-8-17-25(24)31-32(23-14-5-2-6-15-23)34-36-35-33(31)27-19-11-21-29-30(27)26-18-9-10-20-28(26)37-29/h1-21H. The molecule has 2 aromatic heterocycles. The Balaban J connectivity index is 1.60. The topological polar surface area (TPSA) is 38.7 Å². The number of aromatic nitrogens is 3. The van der Waals surface area contributed by atoms with Gasteiger partial charge in [-0.25, -0.2) is 0 Å². The van der Waals surface area contributed by atoms with Crippen LogP contribution in [0.1, 0.15) is 0 Å². The Morgan fingerprint density at radius 1 is 0.432 bits per heavy atom. The van der Waals surface area contributed by atoms with Crippen molar-refractivity contribution < 1.29 is 0 Å². The van der Waals surface area contributed by atoms with Crippen molar-refractivity contribution in [3.8, 4) is 44.8 Å². The van der Waals surface area contributed by atoms with Crippen LogP contribution in [0.25, 0.3) is 64.9 Å². The van der Waals surface area contributed by atoms with Crippen molar-refractivity contribution in [1.82, 2.24) is 15.4 Å². The first kappa shape index (κ1) is 21.6. The molecule has 0 aliphatic rings. The molecular formula is C33H21N3S. The van der Waals surface area contributed by atoms with Crippen LogP contribution in [0.4, 0.5) is 0 Å². The second kappa shape index (κ2) is 9.08. The lowest BCUT2D eigenvalue weighted by molar-refractivity contribution is 0.879. The molecule has 174 valence electrons. The van der Waals surface area contributed by atoms with Crippen molar-refractivity contribution in [2.75, 3.05) is 0 Å². The summed E-state index contributed by atoms with van der Waals surface area (Å²) < 4.78 is 2.50. The third-order valence-electron chi connectivity index (χ3n) is 6.75. The molecule has 5 aromatic carbocycles. The lowest BCUT2D eigenvalue weighted by atomic mass is 9.88. The van der Waals surface area contributed by atoms with Gasteiger partial charge >= 0.3 is 0 Å². The Bertz CT molecular complexity index is 1880. The van der Waals surface area contributed by atoms with Gasteiger partial charge in [0.25, 0.3) is 0 Å². The minimum Gasteiger partial charge on any atom is -0.135 e. The summed E-state index contributed by atoms with van der Waals surface area (Å²) in [6.45, 7) is 0. The van der Waals surface area contributed by atoms with E-state index in [1.807, 2.05) is 35.6 Å². The van der Waals surface area contributed by atoms with Crippen LogP contribution in [0.3, 0.4) is 0 Å². The fourth-order valence-corrected chi connectivity index (χ4v) is 6.24. The molecule has 0 bridgehead atoms. The summed E-state index contributed by atoms with van der Waals surface area (Å²) in [5, 5.41) is 16.1. The summed E-state index contributed by atoms with van der Waals surface area (Å²) in [4.78, 5) is 0. The quantitative estimate of drug-likeness (QED) is 0.247. The van der Waals surface area contributed by atoms with Crippen molar-refractivity contribution in [2.24, 2.45) is 0 Å². The van der Waals surface area contributed by atoms with E-state index in [9.17, 15) is 0 Å². The highest BCUT2D eigenvalue weighted by atomic mass is 32.1. The first-order valence-corrected chi connectivity index (χ1v) is 13.0. The van der Waals surface area contributed by atoms with Crippen molar-refractivity contribution in [3.05, 3.63) is 127 Å². The van der Waals surface area contributed by atoms with Gasteiger partial charge in [-0.3, -0.25) is 0 Å². The summed E-state index contributed by atoms with van der Waals surface area (Å²) in [5.74, 6) is 0. The molecule has 0 aliphatic heterocycles. The van der Waals surface area contributed by atoms with Crippen LogP contribution in [-0.2, 0) is 0 Å². The van der Waals surface area contributed by atoms with E-state index >= 15 is 0 Å². The number of thiophene rings is 1. The molecule has 0 saturated carbocycles. The number of hydrogen-bond acceptors (Lipinski definition) is 4. The van der Waals surface area contributed by atoms with Gasteiger partial charge in [-0.2, -0.15) is 0 Å². The van der Waals surface area contributed by atoms with Crippen molar-refractivity contribution >= 4 is 31.5 Å². The zero-order valence-corrected chi connectivity index (χ0v) is 20.7. The molecule has 0 spiro atoms. The van der Waals surface area contributed by atoms with Gasteiger partial charge in [0.15, 0.2) is 0 Å². The molecule has 0 radical (unpaired) electrons. The normalized spacial score (nSPS) is 11.2. The zero-order valence-electron chi connectivity index (χ0n) is 19.9. The largest absolute Gasteiger partial charge is 0.135 e. The van der Waals surface area contributed by atoms with Gasteiger partial charge in [-0.15, -0.1) is 21.5 Å². The average molecular weight is 492 g/mol. The highest BCUT2D eigenvalue weighted by molar-refractivity contribution is 7.25. The summed E-state index contributed by atoms with van der Waals surface area (Å²) in [7, 11) is 0. The van der Waals surface area contributed by atoms with E-state index in [1.165, 1.54) is 20.2 Å². The monoisotopic (exact) mass is 491 g/mol. The van der Waals surface area contributed by atoms with Crippen LogP contribution in [0.5, 0.6) is 0 Å². The second-order valence-corrected chi connectivity index (χ2v) is 10.00. The van der Waals surface area contributed by atoms with Crippen molar-refractivity contribution in [3.63, 3.8) is 0 Å². The van der Waals surface area contributed by atoms with E-state index in [1.54, 1.807) is 0 Å². The molecule has 0 saturated heterocycles. The molecule has 37 heavy (non-hydrogen) atoms. The van der Waals surface area contributed by atoms with Crippen LogP contribution >= 0.6 is 11.3 Å². The maximum absolute atomic E-state index is 4.73. The van der Waals surface area contributed by atoms with Gasteiger partial charge in [0.2, 0.25) is 0 Å². The lowest BCUT2D eigenvalue weighted by Crippen LogP contribution is -2.01. The molecular weight excluding hydrogens is 470 g/mol. The van der Waals surface area contributed by atoms with E-state index in [4.69, 9.17) is 5.10 Å². The van der Waals surface area contributed by atoms with Gasteiger partial charge in [0.1, 0.15) is 11.4 Å². The molecule has 7 aromatic rings. The lowest BCUT2D eigenvalue weighted by Gasteiger charge is -2.17. The average Bonchev–Trinajstić information content (AvgIpc) is 3.37. The summed E-state index contributed by atoms with van der Waals surface area (Å²) in [6, 6.07) is 44.3. The first-order chi connectivity index (χ1) is 18.4. The molecule has 2 heterocycles. The van der Waals surface area contributed by atoms with Crippen molar-refractivity contribution in [1.29, 1.82) is 0 Å². The second-order valence-electron chi connectivity index (χ2n) is 8.92. The molecule has 0 N–H and O–H groups in total. The van der Waals surface area contributed by atoms with Crippen LogP contribution in [-0.4, -0.2) is 15.4 Å². The highest BCUT2D eigenvalue weighted by Gasteiger charge is 2.22. The number of fused-ring (bicyclic) bond motifs is 3. The van der Waals surface area contributed by atoms with Crippen LogP contribution in [0, 0.1) is 0 Å². The van der Waals surface area contributed by atoms with Gasteiger partial charge in [0.05, 0.1) is 0 Å². The molecule has 0 unspecified atom stereocenters. The van der Waals surface area contributed by atoms with E-state index < -0.39 is 0 Å². The Hall–Kier alpha value is -4.67. The maximum Gasteiger partial charge on any atom is 0.105 e.